The van der Waals surface area contributed by atoms with Crippen LogP contribution >= 0.6 is 0 Å². The zero-order chi connectivity index (χ0) is 10.1. The number of rotatable bonds is 2. The maximum Gasteiger partial charge on any atom is 0.328 e. The van der Waals surface area contributed by atoms with E-state index in [1.807, 2.05) is 0 Å². The van der Waals surface area contributed by atoms with Crippen molar-refractivity contribution in [1.82, 2.24) is 0 Å². The van der Waals surface area contributed by atoms with Crippen LogP contribution in [-0.4, -0.2) is 38.9 Å². The van der Waals surface area contributed by atoms with E-state index < -0.39 is 22.7 Å². The predicted molar refractivity (Wildman–Crippen MR) is 44.4 cm³/mol. The second kappa shape index (κ2) is 7.93. The predicted octanol–water partition coefficient (Wildman–Crippen LogP) is -0.293. The molecule has 0 unspecified atom stereocenters. The molecule has 12 heavy (non-hydrogen) atoms. The molecule has 70 valence electrons. The Balaban J connectivity index is 0. The minimum atomic E-state index is -1.26. The van der Waals surface area contributed by atoms with E-state index in [1.165, 1.54) is 0 Å². The zero-order valence-corrected chi connectivity index (χ0v) is 7.50. The molecule has 0 bridgehead atoms. The van der Waals surface area contributed by atoms with Gasteiger partial charge in [-0.1, -0.05) is 0 Å². The summed E-state index contributed by atoms with van der Waals surface area (Å²) in [6, 6.07) is 0. The lowest BCUT2D eigenvalue weighted by Crippen LogP contribution is -1.91. The molecule has 0 saturated heterocycles. The fourth-order valence-corrected chi connectivity index (χ4v) is 0.143. The third-order valence-corrected chi connectivity index (χ3v) is 0.368. The molecule has 0 aliphatic carbocycles. The van der Waals surface area contributed by atoms with Gasteiger partial charge in [-0.2, -0.15) is 0 Å². The van der Waals surface area contributed by atoms with E-state index in [2.05, 4.69) is 0 Å². The molecule has 0 aromatic heterocycles. The molecule has 0 heterocycles. The van der Waals surface area contributed by atoms with Crippen LogP contribution in [0.25, 0.3) is 0 Å². The molecule has 0 amide bonds. The molecular weight excluding hydrogens is 184 g/mol. The second-order valence-electron chi connectivity index (χ2n) is 1.75. The van der Waals surface area contributed by atoms with Gasteiger partial charge in [0.1, 0.15) is 0 Å². The molecule has 0 aliphatic heterocycles. The van der Waals surface area contributed by atoms with E-state index in [-0.39, 0.29) is 0 Å². The van der Waals surface area contributed by atoms with Crippen molar-refractivity contribution >= 4 is 22.7 Å². The summed E-state index contributed by atoms with van der Waals surface area (Å²) in [6.45, 7) is 0. The van der Waals surface area contributed by atoms with Crippen molar-refractivity contribution in [2.75, 3.05) is 12.5 Å². The minimum absolute atomic E-state index is 0.558. The van der Waals surface area contributed by atoms with Gasteiger partial charge in [-0.05, 0) is 0 Å². The SMILES string of the molecule is CS(C)=O.O=C(O)/C=C\C(=O)O. The first kappa shape index (κ1) is 13.4. The summed E-state index contributed by atoms with van der Waals surface area (Å²) in [5.74, 6) is -2.51. The van der Waals surface area contributed by atoms with Crippen LogP contribution < -0.4 is 0 Å². The van der Waals surface area contributed by atoms with E-state index in [4.69, 9.17) is 10.2 Å². The molecule has 2 N–H and O–H groups in total. The average molecular weight is 194 g/mol. The van der Waals surface area contributed by atoms with Gasteiger partial charge in [0.25, 0.3) is 0 Å². The van der Waals surface area contributed by atoms with Gasteiger partial charge in [0.15, 0.2) is 0 Å². The molecule has 0 atom stereocenters. The maximum absolute atomic E-state index is 9.56. The van der Waals surface area contributed by atoms with Gasteiger partial charge in [-0.25, -0.2) is 9.59 Å². The van der Waals surface area contributed by atoms with Crippen LogP contribution in [0, 0.1) is 0 Å². The summed E-state index contributed by atoms with van der Waals surface area (Å²) in [5, 5.41) is 15.6. The largest absolute Gasteiger partial charge is 0.478 e. The number of carboxylic acid groups (broad SMARTS) is 2. The first-order valence-electron chi connectivity index (χ1n) is 2.75. The third kappa shape index (κ3) is 36.9. The van der Waals surface area contributed by atoms with Gasteiger partial charge < -0.3 is 10.2 Å². The monoisotopic (exact) mass is 194 g/mol. The zero-order valence-electron chi connectivity index (χ0n) is 6.68. The minimum Gasteiger partial charge on any atom is -0.478 e. The van der Waals surface area contributed by atoms with Crippen LogP contribution in [0.2, 0.25) is 0 Å². The highest BCUT2D eigenvalue weighted by Crippen LogP contribution is 1.70. The van der Waals surface area contributed by atoms with E-state index in [0.29, 0.717) is 12.2 Å². The summed E-state index contributed by atoms with van der Waals surface area (Å²) in [4.78, 5) is 19.1. The molecule has 0 aromatic carbocycles. The Labute approximate surface area is 72.2 Å². The molecule has 0 fully saturated rings. The van der Waals surface area contributed by atoms with E-state index in [1.54, 1.807) is 12.5 Å². The fraction of sp³-hybridized carbons (Fsp3) is 0.333. The van der Waals surface area contributed by atoms with E-state index in [0.717, 1.165) is 0 Å². The molecule has 0 aliphatic rings. The van der Waals surface area contributed by atoms with E-state index >= 15 is 0 Å². The highest BCUT2D eigenvalue weighted by atomic mass is 32.2. The van der Waals surface area contributed by atoms with Crippen LogP contribution in [0.3, 0.4) is 0 Å². The van der Waals surface area contributed by atoms with Crippen LogP contribution in [0.4, 0.5) is 0 Å². The lowest BCUT2D eigenvalue weighted by molar-refractivity contribution is -0.134. The fourth-order valence-electron chi connectivity index (χ4n) is 0.143. The normalized spacial score (nSPS) is 9.25. The van der Waals surface area contributed by atoms with Gasteiger partial charge in [0, 0.05) is 35.5 Å². The number of hydrogen-bond donors (Lipinski definition) is 2. The molecule has 0 saturated carbocycles. The molecule has 6 heteroatoms. The van der Waals surface area contributed by atoms with Crippen molar-refractivity contribution in [3.8, 4) is 0 Å². The molecule has 5 nitrogen and oxygen atoms in total. The second-order valence-corrected chi connectivity index (χ2v) is 3.23. The van der Waals surface area contributed by atoms with Crippen LogP contribution in [-0.2, 0) is 20.4 Å². The van der Waals surface area contributed by atoms with Crippen molar-refractivity contribution in [2.45, 2.75) is 0 Å². The number of hydrogen-bond acceptors (Lipinski definition) is 3. The highest BCUT2D eigenvalue weighted by molar-refractivity contribution is 7.83. The number of carbonyl (C=O) groups is 2. The summed E-state index contributed by atoms with van der Waals surface area (Å²) < 4.78 is 9.56. The molecule has 0 aromatic rings. The first-order valence-corrected chi connectivity index (χ1v) is 4.72. The standard InChI is InChI=1S/C4H4O4.C2H6OS/c5-3(6)1-2-4(7)8;1-4(2)3/h1-2H,(H,5,6)(H,7,8);1-2H3/b2-1-;. The number of aliphatic carboxylic acids is 2. The molecule has 0 rings (SSSR count). The smallest absolute Gasteiger partial charge is 0.328 e. The molecular formula is C6H10O5S. The average Bonchev–Trinajstić information content (AvgIpc) is 1.82. The topological polar surface area (TPSA) is 91.7 Å². The Morgan fingerprint density at radius 2 is 1.25 bits per heavy atom. The first-order chi connectivity index (χ1) is 5.36. The van der Waals surface area contributed by atoms with E-state index in [9.17, 15) is 13.8 Å². The van der Waals surface area contributed by atoms with Gasteiger partial charge in [0.2, 0.25) is 0 Å². The Hall–Kier alpha value is -1.17. The van der Waals surface area contributed by atoms with Gasteiger partial charge in [0.05, 0.1) is 0 Å². The van der Waals surface area contributed by atoms with Crippen LogP contribution in [0.5, 0.6) is 0 Å². The summed E-state index contributed by atoms with van der Waals surface area (Å²) in [7, 11) is -0.611. The quantitative estimate of drug-likeness (QED) is 0.589. The summed E-state index contributed by atoms with van der Waals surface area (Å²) in [6.07, 6.45) is 4.39. The Bertz CT molecular complexity index is 188. The van der Waals surface area contributed by atoms with Crippen molar-refractivity contribution in [1.29, 1.82) is 0 Å². The lowest BCUT2D eigenvalue weighted by atomic mass is 10.5. The van der Waals surface area contributed by atoms with Crippen LogP contribution in [0.15, 0.2) is 12.2 Å². The van der Waals surface area contributed by atoms with Crippen LogP contribution in [0.1, 0.15) is 0 Å². The van der Waals surface area contributed by atoms with Gasteiger partial charge in [-0.3, -0.25) is 4.21 Å². The Kier molecular flexibility index (Phi) is 8.87. The highest BCUT2D eigenvalue weighted by Gasteiger charge is 1.88. The van der Waals surface area contributed by atoms with Crippen molar-refractivity contribution in [3.63, 3.8) is 0 Å². The molecule has 0 spiro atoms. The molecule has 0 radical (unpaired) electrons. The Morgan fingerprint density at radius 1 is 1.08 bits per heavy atom. The third-order valence-electron chi connectivity index (χ3n) is 0.368. The number of carboxylic acids is 2. The summed E-state index contributed by atoms with van der Waals surface area (Å²) in [5.41, 5.74) is 0. The lowest BCUT2D eigenvalue weighted by Gasteiger charge is -1.74. The van der Waals surface area contributed by atoms with Crippen molar-refractivity contribution < 1.29 is 24.0 Å². The van der Waals surface area contributed by atoms with Gasteiger partial charge >= 0.3 is 11.9 Å². The summed E-state index contributed by atoms with van der Waals surface area (Å²) >= 11 is 0. The maximum atomic E-state index is 9.56. The van der Waals surface area contributed by atoms with Crippen molar-refractivity contribution in [3.05, 3.63) is 12.2 Å². The Morgan fingerprint density at radius 3 is 1.33 bits per heavy atom. The van der Waals surface area contributed by atoms with Crippen molar-refractivity contribution in [2.24, 2.45) is 0 Å². The van der Waals surface area contributed by atoms with Gasteiger partial charge in [-0.15, -0.1) is 0 Å².